The largest absolute Gasteiger partial charge is 0.477 e. The van der Waals surface area contributed by atoms with Crippen molar-refractivity contribution in [3.05, 3.63) is 23.9 Å². The minimum absolute atomic E-state index is 0.00417. The van der Waals surface area contributed by atoms with Crippen molar-refractivity contribution in [1.29, 1.82) is 0 Å². The van der Waals surface area contributed by atoms with Crippen molar-refractivity contribution in [3.63, 3.8) is 0 Å². The van der Waals surface area contributed by atoms with Gasteiger partial charge in [0.25, 0.3) is 5.91 Å². The van der Waals surface area contributed by atoms with Gasteiger partial charge in [-0.2, -0.15) is 0 Å². The first-order valence-electron chi connectivity index (χ1n) is 9.78. The number of hydrogen-bond acceptors (Lipinski definition) is 4. The van der Waals surface area contributed by atoms with E-state index in [9.17, 15) is 9.59 Å². The maximum Gasteiger partial charge on any atom is 0.259 e. The molecule has 0 radical (unpaired) electrons. The van der Waals surface area contributed by atoms with E-state index in [1.54, 1.807) is 18.3 Å². The van der Waals surface area contributed by atoms with Crippen molar-refractivity contribution in [2.75, 3.05) is 26.2 Å². The number of nitrogens with zero attached hydrogens (tertiary/aromatic N) is 3. The average Bonchev–Trinajstić information content (AvgIpc) is 3.49. The van der Waals surface area contributed by atoms with E-state index in [4.69, 9.17) is 4.74 Å². The Morgan fingerprint density at radius 3 is 2.96 bits per heavy atom. The second-order valence-electron chi connectivity index (χ2n) is 7.87. The lowest BCUT2D eigenvalue weighted by molar-refractivity contribution is -0.139. The zero-order valence-corrected chi connectivity index (χ0v) is 15.4. The number of carbonyl (C=O) groups excluding carboxylic acids is 2. The topological polar surface area (TPSA) is 62.7 Å². The van der Waals surface area contributed by atoms with E-state index in [1.807, 2.05) is 11.8 Å². The third-order valence-electron chi connectivity index (χ3n) is 5.91. The van der Waals surface area contributed by atoms with Crippen molar-refractivity contribution >= 4 is 11.8 Å². The Bertz CT molecular complexity index is 703. The second-order valence-corrected chi connectivity index (χ2v) is 7.87. The molecule has 1 atom stereocenters. The molecule has 0 unspecified atom stereocenters. The molecule has 0 bridgehead atoms. The summed E-state index contributed by atoms with van der Waals surface area (Å²) in [7, 11) is 0. The van der Waals surface area contributed by atoms with Crippen molar-refractivity contribution in [1.82, 2.24) is 14.8 Å². The highest BCUT2D eigenvalue weighted by atomic mass is 16.5. The van der Waals surface area contributed by atoms with E-state index >= 15 is 0 Å². The zero-order chi connectivity index (χ0) is 18.1. The summed E-state index contributed by atoms with van der Waals surface area (Å²) in [5.41, 5.74) is 0.593. The van der Waals surface area contributed by atoms with Crippen LogP contribution in [-0.2, 0) is 4.79 Å². The third-order valence-corrected chi connectivity index (χ3v) is 5.91. The molecule has 4 rings (SSSR count). The van der Waals surface area contributed by atoms with Crippen LogP contribution in [0.15, 0.2) is 18.3 Å². The fourth-order valence-corrected chi connectivity index (χ4v) is 4.45. The monoisotopic (exact) mass is 357 g/mol. The highest BCUT2D eigenvalue weighted by Crippen LogP contribution is 2.42. The Labute approximate surface area is 154 Å². The molecule has 3 heterocycles. The minimum Gasteiger partial charge on any atom is -0.477 e. The molecule has 2 aliphatic heterocycles. The summed E-state index contributed by atoms with van der Waals surface area (Å²) in [6.45, 7) is 4.68. The van der Waals surface area contributed by atoms with Gasteiger partial charge >= 0.3 is 0 Å². The fraction of sp³-hybridized carbons (Fsp3) is 0.650. The van der Waals surface area contributed by atoms with Crippen molar-refractivity contribution in [2.24, 2.45) is 5.41 Å². The predicted octanol–water partition coefficient (Wildman–Crippen LogP) is 2.49. The van der Waals surface area contributed by atoms with Gasteiger partial charge in [-0.05, 0) is 51.2 Å². The number of likely N-dealkylation sites (tertiary alicyclic amines) is 2. The number of piperidine rings is 2. The molecular weight excluding hydrogens is 330 g/mol. The van der Waals surface area contributed by atoms with Crippen LogP contribution in [0.4, 0.5) is 0 Å². The molecule has 6 heteroatoms. The van der Waals surface area contributed by atoms with Crippen molar-refractivity contribution < 1.29 is 14.3 Å². The summed E-state index contributed by atoms with van der Waals surface area (Å²) in [4.78, 5) is 33.7. The van der Waals surface area contributed by atoms with Crippen LogP contribution >= 0.6 is 0 Å². The molecule has 2 amide bonds. The summed E-state index contributed by atoms with van der Waals surface area (Å²) >= 11 is 0. The van der Waals surface area contributed by atoms with Gasteiger partial charge in [-0.3, -0.25) is 9.59 Å². The average molecular weight is 357 g/mol. The Hall–Kier alpha value is -2.11. The number of aromatic nitrogens is 1. The smallest absolute Gasteiger partial charge is 0.259 e. The molecule has 1 aliphatic carbocycles. The normalized spacial score (nSPS) is 26.3. The van der Waals surface area contributed by atoms with Crippen LogP contribution < -0.4 is 4.74 Å². The van der Waals surface area contributed by atoms with Gasteiger partial charge in [0.2, 0.25) is 11.8 Å². The molecule has 6 nitrogen and oxygen atoms in total. The molecule has 1 aromatic heterocycles. The van der Waals surface area contributed by atoms with Gasteiger partial charge in [-0.25, -0.2) is 4.98 Å². The van der Waals surface area contributed by atoms with Gasteiger partial charge in [0.05, 0.1) is 6.61 Å². The highest BCUT2D eigenvalue weighted by Gasteiger charge is 2.46. The lowest BCUT2D eigenvalue weighted by Crippen LogP contribution is -2.55. The number of ether oxygens (including phenoxy) is 1. The Morgan fingerprint density at radius 1 is 1.35 bits per heavy atom. The predicted molar refractivity (Wildman–Crippen MR) is 96.9 cm³/mol. The Kier molecular flexibility index (Phi) is 4.59. The molecule has 3 aliphatic rings. The molecule has 140 valence electrons. The Morgan fingerprint density at radius 2 is 2.19 bits per heavy atom. The van der Waals surface area contributed by atoms with Crippen LogP contribution in [0.2, 0.25) is 0 Å². The van der Waals surface area contributed by atoms with E-state index in [0.717, 1.165) is 51.7 Å². The molecule has 0 aromatic carbocycles. The third kappa shape index (κ3) is 3.29. The Balaban J connectivity index is 1.51. The van der Waals surface area contributed by atoms with Crippen molar-refractivity contribution in [3.8, 4) is 5.88 Å². The van der Waals surface area contributed by atoms with Crippen LogP contribution in [0, 0.1) is 5.41 Å². The van der Waals surface area contributed by atoms with E-state index in [1.165, 1.54) is 0 Å². The molecule has 3 fully saturated rings. The van der Waals surface area contributed by atoms with Gasteiger partial charge in [-0.1, -0.05) is 0 Å². The number of carbonyl (C=O) groups is 2. The van der Waals surface area contributed by atoms with Crippen LogP contribution in [0.3, 0.4) is 0 Å². The second kappa shape index (κ2) is 6.89. The van der Waals surface area contributed by atoms with Gasteiger partial charge in [0.15, 0.2) is 0 Å². The molecule has 2 saturated heterocycles. The van der Waals surface area contributed by atoms with Crippen LogP contribution in [-0.4, -0.2) is 58.9 Å². The number of amides is 2. The zero-order valence-electron chi connectivity index (χ0n) is 15.4. The summed E-state index contributed by atoms with van der Waals surface area (Å²) in [6, 6.07) is 4.03. The lowest BCUT2D eigenvalue weighted by atomic mass is 9.73. The van der Waals surface area contributed by atoms with Crippen LogP contribution in [0.5, 0.6) is 5.88 Å². The summed E-state index contributed by atoms with van der Waals surface area (Å²) in [5.74, 6) is 0.709. The highest BCUT2D eigenvalue weighted by molar-refractivity contribution is 5.96. The molecule has 0 N–H and O–H groups in total. The number of rotatable bonds is 4. The van der Waals surface area contributed by atoms with Crippen LogP contribution in [0.1, 0.15) is 55.8 Å². The summed E-state index contributed by atoms with van der Waals surface area (Å²) < 4.78 is 5.55. The quantitative estimate of drug-likeness (QED) is 0.831. The van der Waals surface area contributed by atoms with Gasteiger partial charge in [0.1, 0.15) is 5.56 Å². The van der Waals surface area contributed by atoms with Gasteiger partial charge < -0.3 is 14.5 Å². The summed E-state index contributed by atoms with van der Waals surface area (Å²) in [5, 5.41) is 0. The van der Waals surface area contributed by atoms with Crippen LogP contribution in [0.25, 0.3) is 0 Å². The standard InChI is InChI=1S/C20H27N3O3/c1-2-26-18-16(5-3-11-21-18)19(25)22-12-4-9-20(13-22)10-8-17(24)23(14-20)15-6-7-15/h3,5,11,15H,2,4,6-10,12-14H2,1H3/t20-/m1/s1. The first-order chi connectivity index (χ1) is 12.6. The molecule has 26 heavy (non-hydrogen) atoms. The maximum absolute atomic E-state index is 13.1. The van der Waals surface area contributed by atoms with E-state index in [0.29, 0.717) is 36.4 Å². The molecule has 1 spiro atoms. The first-order valence-corrected chi connectivity index (χ1v) is 9.78. The molecule has 1 aromatic rings. The van der Waals surface area contributed by atoms with E-state index in [-0.39, 0.29) is 11.3 Å². The SMILES string of the molecule is CCOc1ncccc1C(=O)N1CCC[C@@]2(CCC(=O)N(C3CC3)C2)C1. The first kappa shape index (κ1) is 17.3. The van der Waals surface area contributed by atoms with Crippen molar-refractivity contribution in [2.45, 2.75) is 51.5 Å². The van der Waals surface area contributed by atoms with Gasteiger partial charge in [-0.15, -0.1) is 0 Å². The number of pyridine rings is 1. The lowest BCUT2D eigenvalue weighted by Gasteiger charge is -2.48. The van der Waals surface area contributed by atoms with E-state index < -0.39 is 0 Å². The van der Waals surface area contributed by atoms with E-state index in [2.05, 4.69) is 9.88 Å². The maximum atomic E-state index is 13.1. The van der Waals surface area contributed by atoms with Gasteiger partial charge in [0, 0.05) is 43.7 Å². The molecule has 1 saturated carbocycles. The summed E-state index contributed by atoms with van der Waals surface area (Å²) in [6.07, 6.45) is 7.52. The minimum atomic E-state index is -0.00417. The fourth-order valence-electron chi connectivity index (χ4n) is 4.45. The number of hydrogen-bond donors (Lipinski definition) is 0. The molecular formula is C20H27N3O3.